The number of fused-ring (bicyclic) bond motifs is 1. The predicted octanol–water partition coefficient (Wildman–Crippen LogP) is 3.95. The second-order valence-electron chi connectivity index (χ2n) is 4.68. The van der Waals surface area contributed by atoms with Gasteiger partial charge in [0.2, 0.25) is 12.3 Å². The zero-order chi connectivity index (χ0) is 14.1. The number of para-hydroxylation sites is 1. The standard InChI is InChI=1S/C17H11N3O/c1-2-6-12(7-3-1)16-10-14(17-20-18-11-21-17)13-8-4-5-9-15(13)19-16/h1-11H. The Bertz CT molecular complexity index is 886. The fraction of sp³-hybridized carbons (Fsp3) is 0. The maximum Gasteiger partial charge on any atom is 0.248 e. The lowest BCUT2D eigenvalue weighted by atomic mass is 10.0. The highest BCUT2D eigenvalue weighted by atomic mass is 16.4. The van der Waals surface area contributed by atoms with E-state index in [4.69, 9.17) is 9.40 Å². The Hall–Kier alpha value is -3.01. The maximum atomic E-state index is 5.37. The van der Waals surface area contributed by atoms with Gasteiger partial charge in [-0.3, -0.25) is 0 Å². The molecule has 0 N–H and O–H groups in total. The van der Waals surface area contributed by atoms with E-state index in [-0.39, 0.29) is 0 Å². The zero-order valence-corrected chi connectivity index (χ0v) is 11.1. The Morgan fingerprint density at radius 2 is 1.67 bits per heavy atom. The summed E-state index contributed by atoms with van der Waals surface area (Å²) in [6, 6.07) is 20.0. The number of nitrogens with zero attached hydrogens (tertiary/aromatic N) is 3. The topological polar surface area (TPSA) is 51.8 Å². The minimum Gasteiger partial charge on any atom is -0.423 e. The average molecular weight is 273 g/mol. The largest absolute Gasteiger partial charge is 0.423 e. The van der Waals surface area contributed by atoms with Crippen LogP contribution in [0.15, 0.2) is 71.5 Å². The van der Waals surface area contributed by atoms with Gasteiger partial charge in [-0.15, -0.1) is 10.2 Å². The van der Waals surface area contributed by atoms with Crippen LogP contribution in [-0.2, 0) is 0 Å². The van der Waals surface area contributed by atoms with Gasteiger partial charge in [-0.25, -0.2) is 4.98 Å². The first-order valence-electron chi connectivity index (χ1n) is 6.63. The van der Waals surface area contributed by atoms with Crippen molar-refractivity contribution in [3.05, 3.63) is 67.1 Å². The molecule has 0 spiro atoms. The molecule has 0 radical (unpaired) electrons. The Morgan fingerprint density at radius 1 is 0.857 bits per heavy atom. The first-order valence-corrected chi connectivity index (χ1v) is 6.63. The number of rotatable bonds is 2. The summed E-state index contributed by atoms with van der Waals surface area (Å²) in [5.41, 5.74) is 3.76. The molecule has 0 amide bonds. The molecule has 0 saturated carbocycles. The van der Waals surface area contributed by atoms with Gasteiger partial charge in [0.05, 0.1) is 16.8 Å². The van der Waals surface area contributed by atoms with Gasteiger partial charge < -0.3 is 4.42 Å². The Balaban J connectivity index is 2.03. The first kappa shape index (κ1) is 11.8. The van der Waals surface area contributed by atoms with Crippen molar-refractivity contribution >= 4 is 10.9 Å². The van der Waals surface area contributed by atoms with E-state index < -0.39 is 0 Å². The second kappa shape index (κ2) is 4.83. The Kier molecular flexibility index (Phi) is 2.71. The highest BCUT2D eigenvalue weighted by molar-refractivity contribution is 5.94. The molecule has 21 heavy (non-hydrogen) atoms. The molecule has 2 aromatic heterocycles. The summed E-state index contributed by atoms with van der Waals surface area (Å²) in [5.74, 6) is 0.505. The third-order valence-corrected chi connectivity index (χ3v) is 3.38. The molecule has 0 aliphatic rings. The number of benzene rings is 2. The lowest BCUT2D eigenvalue weighted by Gasteiger charge is -2.07. The van der Waals surface area contributed by atoms with E-state index in [1.807, 2.05) is 60.7 Å². The molecule has 0 fully saturated rings. The summed E-state index contributed by atoms with van der Waals surface area (Å²) in [6.07, 6.45) is 1.34. The van der Waals surface area contributed by atoms with Crippen molar-refractivity contribution in [3.63, 3.8) is 0 Å². The van der Waals surface area contributed by atoms with E-state index in [9.17, 15) is 0 Å². The van der Waals surface area contributed by atoms with Gasteiger partial charge in [0.15, 0.2) is 0 Å². The van der Waals surface area contributed by atoms with Gasteiger partial charge >= 0.3 is 0 Å². The number of pyridine rings is 1. The van der Waals surface area contributed by atoms with Crippen molar-refractivity contribution in [1.29, 1.82) is 0 Å². The molecule has 0 bridgehead atoms. The second-order valence-corrected chi connectivity index (χ2v) is 4.68. The third kappa shape index (κ3) is 2.07. The summed E-state index contributed by atoms with van der Waals surface area (Å²) in [6.45, 7) is 0. The molecular weight excluding hydrogens is 262 g/mol. The summed E-state index contributed by atoms with van der Waals surface area (Å²) in [7, 11) is 0. The van der Waals surface area contributed by atoms with Gasteiger partial charge in [-0.2, -0.15) is 0 Å². The van der Waals surface area contributed by atoms with Crippen molar-refractivity contribution in [1.82, 2.24) is 15.2 Å². The Labute approximate surface area is 121 Å². The molecule has 0 aliphatic heterocycles. The van der Waals surface area contributed by atoms with E-state index in [0.29, 0.717) is 5.89 Å². The minimum absolute atomic E-state index is 0.505. The number of hydrogen-bond donors (Lipinski definition) is 0. The lowest BCUT2D eigenvalue weighted by Crippen LogP contribution is -1.89. The molecule has 0 unspecified atom stereocenters. The smallest absolute Gasteiger partial charge is 0.248 e. The van der Waals surface area contributed by atoms with E-state index in [1.54, 1.807) is 0 Å². The average Bonchev–Trinajstić information content (AvgIpc) is 3.09. The highest BCUT2D eigenvalue weighted by Crippen LogP contribution is 2.30. The van der Waals surface area contributed by atoms with Gasteiger partial charge in [-0.05, 0) is 12.1 Å². The van der Waals surface area contributed by atoms with Crippen LogP contribution in [0.25, 0.3) is 33.6 Å². The molecule has 4 aromatic rings. The summed E-state index contributed by atoms with van der Waals surface area (Å²) >= 11 is 0. The molecule has 2 aromatic carbocycles. The van der Waals surface area contributed by atoms with Crippen molar-refractivity contribution in [2.24, 2.45) is 0 Å². The summed E-state index contributed by atoms with van der Waals surface area (Å²) in [4.78, 5) is 4.73. The van der Waals surface area contributed by atoms with Crippen LogP contribution < -0.4 is 0 Å². The van der Waals surface area contributed by atoms with Crippen LogP contribution in [0.2, 0.25) is 0 Å². The fourth-order valence-electron chi connectivity index (χ4n) is 2.40. The molecule has 2 heterocycles. The van der Waals surface area contributed by atoms with Crippen molar-refractivity contribution < 1.29 is 4.42 Å². The lowest BCUT2D eigenvalue weighted by molar-refractivity contribution is 0.569. The molecule has 0 aliphatic carbocycles. The van der Waals surface area contributed by atoms with E-state index >= 15 is 0 Å². The van der Waals surface area contributed by atoms with Crippen LogP contribution in [0.4, 0.5) is 0 Å². The van der Waals surface area contributed by atoms with E-state index in [1.165, 1.54) is 6.39 Å². The van der Waals surface area contributed by atoms with Crippen LogP contribution in [0, 0.1) is 0 Å². The van der Waals surface area contributed by atoms with Crippen molar-refractivity contribution in [3.8, 4) is 22.7 Å². The SMILES string of the molecule is c1ccc(-c2cc(-c3nnco3)c3ccccc3n2)cc1. The maximum absolute atomic E-state index is 5.37. The summed E-state index contributed by atoms with van der Waals surface area (Å²) in [5, 5.41) is 8.80. The first-order chi connectivity index (χ1) is 10.4. The molecule has 100 valence electrons. The fourth-order valence-corrected chi connectivity index (χ4v) is 2.40. The molecule has 4 rings (SSSR count). The van der Waals surface area contributed by atoms with Crippen LogP contribution in [0.3, 0.4) is 0 Å². The molecular formula is C17H11N3O. The number of aromatic nitrogens is 3. The Morgan fingerprint density at radius 3 is 2.48 bits per heavy atom. The monoisotopic (exact) mass is 273 g/mol. The van der Waals surface area contributed by atoms with Crippen molar-refractivity contribution in [2.75, 3.05) is 0 Å². The summed E-state index contributed by atoms with van der Waals surface area (Å²) < 4.78 is 5.37. The third-order valence-electron chi connectivity index (χ3n) is 3.38. The quantitative estimate of drug-likeness (QED) is 0.555. The van der Waals surface area contributed by atoms with Crippen LogP contribution in [-0.4, -0.2) is 15.2 Å². The van der Waals surface area contributed by atoms with E-state index in [2.05, 4.69) is 10.2 Å². The number of hydrogen-bond acceptors (Lipinski definition) is 4. The molecule has 4 heteroatoms. The van der Waals surface area contributed by atoms with Crippen molar-refractivity contribution in [2.45, 2.75) is 0 Å². The molecule has 0 atom stereocenters. The zero-order valence-electron chi connectivity index (χ0n) is 11.1. The van der Waals surface area contributed by atoms with Crippen LogP contribution >= 0.6 is 0 Å². The minimum atomic E-state index is 0.505. The highest BCUT2D eigenvalue weighted by Gasteiger charge is 2.12. The van der Waals surface area contributed by atoms with Gasteiger partial charge in [0, 0.05) is 10.9 Å². The van der Waals surface area contributed by atoms with Crippen LogP contribution in [0.1, 0.15) is 0 Å². The molecule has 4 nitrogen and oxygen atoms in total. The van der Waals surface area contributed by atoms with Gasteiger partial charge in [-0.1, -0.05) is 48.5 Å². The normalized spacial score (nSPS) is 10.9. The van der Waals surface area contributed by atoms with E-state index in [0.717, 1.165) is 27.7 Å². The van der Waals surface area contributed by atoms with Gasteiger partial charge in [0.1, 0.15) is 0 Å². The molecule has 0 saturated heterocycles. The van der Waals surface area contributed by atoms with Crippen LogP contribution in [0.5, 0.6) is 0 Å². The predicted molar refractivity (Wildman–Crippen MR) is 80.5 cm³/mol. The van der Waals surface area contributed by atoms with Gasteiger partial charge in [0.25, 0.3) is 0 Å².